The number of hydrogen-bond donors (Lipinski definition) is 1. The number of hydrogen-bond acceptors (Lipinski definition) is 4. The van der Waals surface area contributed by atoms with E-state index in [0.717, 1.165) is 18.7 Å². The van der Waals surface area contributed by atoms with Gasteiger partial charge in [-0.15, -0.1) is 0 Å². The van der Waals surface area contributed by atoms with E-state index in [1.165, 1.54) is 5.56 Å². The number of nitrogens with zero attached hydrogens (tertiary/aromatic N) is 4. The zero-order chi connectivity index (χ0) is 19.1. The Balaban J connectivity index is 1.42. The van der Waals surface area contributed by atoms with Crippen molar-refractivity contribution in [1.29, 1.82) is 0 Å². The molecule has 0 fully saturated rings. The molecule has 3 rings (SSSR count). The highest BCUT2D eigenvalue weighted by Gasteiger charge is 2.09. The molecule has 2 heterocycles. The number of benzene rings is 1. The molecule has 27 heavy (non-hydrogen) atoms. The van der Waals surface area contributed by atoms with Crippen LogP contribution in [0.5, 0.6) is 5.75 Å². The summed E-state index contributed by atoms with van der Waals surface area (Å²) in [6.07, 6.45) is 6.19. The van der Waals surface area contributed by atoms with Crippen molar-refractivity contribution in [2.75, 3.05) is 6.54 Å². The van der Waals surface area contributed by atoms with E-state index in [1.807, 2.05) is 29.1 Å². The Hall–Kier alpha value is -3.09. The second-order valence-corrected chi connectivity index (χ2v) is 6.62. The van der Waals surface area contributed by atoms with Crippen molar-refractivity contribution in [3.63, 3.8) is 0 Å². The average molecular weight is 367 g/mol. The van der Waals surface area contributed by atoms with E-state index in [1.54, 1.807) is 23.1 Å². The first kappa shape index (κ1) is 18.7. The second kappa shape index (κ2) is 9.02. The summed E-state index contributed by atoms with van der Waals surface area (Å²) in [5.74, 6) is 1.08. The fourth-order valence-electron chi connectivity index (χ4n) is 2.61. The average Bonchev–Trinajstić information content (AvgIpc) is 3.35. The highest BCUT2D eigenvalue weighted by molar-refractivity contribution is 5.92. The minimum Gasteiger partial charge on any atom is -0.471 e. The molecule has 0 aliphatic rings. The van der Waals surface area contributed by atoms with Gasteiger partial charge in [-0.2, -0.15) is 10.2 Å². The lowest BCUT2D eigenvalue weighted by atomic mass is 10.0. The molecule has 2 aromatic heterocycles. The molecule has 0 bridgehead atoms. The lowest BCUT2D eigenvalue weighted by molar-refractivity contribution is 0.0945. The third-order valence-corrected chi connectivity index (χ3v) is 4.19. The Labute approximate surface area is 159 Å². The van der Waals surface area contributed by atoms with E-state index in [2.05, 4.69) is 41.5 Å². The minimum atomic E-state index is -0.185. The zero-order valence-electron chi connectivity index (χ0n) is 15.7. The molecule has 7 nitrogen and oxygen atoms in total. The van der Waals surface area contributed by atoms with Crippen LogP contribution in [0.2, 0.25) is 0 Å². The van der Waals surface area contributed by atoms with Crippen LogP contribution in [0.15, 0.2) is 55.0 Å². The first-order chi connectivity index (χ1) is 13.1. The van der Waals surface area contributed by atoms with Crippen LogP contribution in [0.1, 0.15) is 42.2 Å². The van der Waals surface area contributed by atoms with Crippen LogP contribution >= 0.6 is 0 Å². The van der Waals surface area contributed by atoms with E-state index in [4.69, 9.17) is 4.74 Å². The van der Waals surface area contributed by atoms with Crippen molar-refractivity contribution in [3.05, 3.63) is 66.2 Å². The van der Waals surface area contributed by atoms with Gasteiger partial charge in [0.1, 0.15) is 11.4 Å². The standard InChI is InChI=1S/C20H25N5O2/c1-16(2)17-5-7-18(8-6-17)27-15-25-14-9-19(23-25)20(26)21-10-3-12-24-13-4-11-22-24/h4-9,11,13-14,16H,3,10,12,15H2,1-2H3,(H,21,26). The molecule has 1 N–H and O–H groups in total. The summed E-state index contributed by atoms with van der Waals surface area (Å²) in [7, 11) is 0. The van der Waals surface area contributed by atoms with Crippen LogP contribution in [0.25, 0.3) is 0 Å². The smallest absolute Gasteiger partial charge is 0.271 e. The van der Waals surface area contributed by atoms with Gasteiger partial charge in [0, 0.05) is 31.7 Å². The Morgan fingerprint density at radius 1 is 1.15 bits per heavy atom. The van der Waals surface area contributed by atoms with E-state index < -0.39 is 0 Å². The third kappa shape index (κ3) is 5.44. The van der Waals surface area contributed by atoms with E-state index >= 15 is 0 Å². The summed E-state index contributed by atoms with van der Waals surface area (Å²) in [4.78, 5) is 12.1. The van der Waals surface area contributed by atoms with Gasteiger partial charge in [-0.05, 0) is 42.2 Å². The van der Waals surface area contributed by atoms with Gasteiger partial charge in [-0.1, -0.05) is 26.0 Å². The number of aromatic nitrogens is 4. The molecule has 3 aromatic rings. The molecule has 7 heteroatoms. The molecule has 0 atom stereocenters. The highest BCUT2D eigenvalue weighted by Crippen LogP contribution is 2.18. The van der Waals surface area contributed by atoms with Crippen LogP contribution in [0.4, 0.5) is 0 Å². The minimum absolute atomic E-state index is 0.185. The lowest BCUT2D eigenvalue weighted by Crippen LogP contribution is -2.26. The van der Waals surface area contributed by atoms with Crippen molar-refractivity contribution in [1.82, 2.24) is 24.9 Å². The summed E-state index contributed by atoms with van der Waals surface area (Å²) >= 11 is 0. The summed E-state index contributed by atoms with van der Waals surface area (Å²) in [6, 6.07) is 11.6. The van der Waals surface area contributed by atoms with Crippen LogP contribution in [-0.2, 0) is 13.3 Å². The van der Waals surface area contributed by atoms with Crippen molar-refractivity contribution >= 4 is 5.91 Å². The summed E-state index contributed by atoms with van der Waals surface area (Å²) in [5.41, 5.74) is 1.65. The highest BCUT2D eigenvalue weighted by atomic mass is 16.5. The van der Waals surface area contributed by atoms with Crippen LogP contribution < -0.4 is 10.1 Å². The van der Waals surface area contributed by atoms with Gasteiger partial charge < -0.3 is 10.1 Å². The maximum absolute atomic E-state index is 12.1. The molecule has 0 radical (unpaired) electrons. The zero-order valence-corrected chi connectivity index (χ0v) is 15.7. The maximum atomic E-state index is 12.1. The predicted octanol–water partition coefficient (Wildman–Crippen LogP) is 3.06. The largest absolute Gasteiger partial charge is 0.471 e. The summed E-state index contributed by atoms with van der Waals surface area (Å²) < 4.78 is 9.16. The Kier molecular flexibility index (Phi) is 6.25. The Morgan fingerprint density at radius 2 is 1.96 bits per heavy atom. The van der Waals surface area contributed by atoms with Gasteiger partial charge in [-0.3, -0.25) is 9.48 Å². The quantitative estimate of drug-likeness (QED) is 0.590. The monoisotopic (exact) mass is 367 g/mol. The van der Waals surface area contributed by atoms with Gasteiger partial charge >= 0.3 is 0 Å². The second-order valence-electron chi connectivity index (χ2n) is 6.62. The normalized spacial score (nSPS) is 10.9. The maximum Gasteiger partial charge on any atom is 0.271 e. The molecule has 0 saturated carbocycles. The van der Waals surface area contributed by atoms with Crippen molar-refractivity contribution in [2.24, 2.45) is 0 Å². The molecule has 0 aliphatic heterocycles. The van der Waals surface area contributed by atoms with Crippen LogP contribution in [0.3, 0.4) is 0 Å². The lowest BCUT2D eigenvalue weighted by Gasteiger charge is -2.09. The van der Waals surface area contributed by atoms with Crippen LogP contribution in [-0.4, -0.2) is 32.0 Å². The molecule has 1 amide bonds. The predicted molar refractivity (Wildman–Crippen MR) is 103 cm³/mol. The topological polar surface area (TPSA) is 74.0 Å². The van der Waals surface area contributed by atoms with Crippen molar-refractivity contribution in [2.45, 2.75) is 39.5 Å². The number of carbonyl (C=O) groups excluding carboxylic acids is 1. The number of rotatable bonds is 9. The molecule has 0 aliphatic carbocycles. The SMILES string of the molecule is CC(C)c1ccc(OCn2ccc(C(=O)NCCCn3cccn3)n2)cc1. The van der Waals surface area contributed by atoms with E-state index in [-0.39, 0.29) is 12.6 Å². The molecule has 0 spiro atoms. The molecule has 0 saturated heterocycles. The van der Waals surface area contributed by atoms with E-state index in [0.29, 0.717) is 18.2 Å². The van der Waals surface area contributed by atoms with Crippen molar-refractivity contribution in [3.8, 4) is 5.75 Å². The Bertz CT molecular complexity index is 838. The van der Waals surface area contributed by atoms with Gasteiger partial charge in [0.15, 0.2) is 6.73 Å². The number of ether oxygens (including phenoxy) is 1. The summed E-state index contributed by atoms with van der Waals surface area (Å²) in [5, 5.41) is 11.3. The first-order valence-corrected chi connectivity index (χ1v) is 9.13. The number of nitrogens with one attached hydrogen (secondary N) is 1. The fraction of sp³-hybridized carbons (Fsp3) is 0.350. The number of carbonyl (C=O) groups is 1. The number of aryl methyl sites for hydroxylation is 1. The Morgan fingerprint density at radius 3 is 2.67 bits per heavy atom. The molecule has 0 unspecified atom stereocenters. The molecular weight excluding hydrogens is 342 g/mol. The van der Waals surface area contributed by atoms with E-state index in [9.17, 15) is 4.79 Å². The third-order valence-electron chi connectivity index (χ3n) is 4.19. The van der Waals surface area contributed by atoms with Crippen LogP contribution in [0, 0.1) is 0 Å². The fourth-order valence-corrected chi connectivity index (χ4v) is 2.61. The van der Waals surface area contributed by atoms with Crippen molar-refractivity contribution < 1.29 is 9.53 Å². The van der Waals surface area contributed by atoms with Gasteiger partial charge in [0.2, 0.25) is 0 Å². The van der Waals surface area contributed by atoms with Gasteiger partial charge in [0.25, 0.3) is 5.91 Å². The molecule has 142 valence electrons. The molecule has 1 aromatic carbocycles. The van der Waals surface area contributed by atoms with Gasteiger partial charge in [0.05, 0.1) is 0 Å². The summed E-state index contributed by atoms with van der Waals surface area (Å²) in [6.45, 7) is 5.91. The first-order valence-electron chi connectivity index (χ1n) is 9.13. The molecular formula is C20H25N5O2. The van der Waals surface area contributed by atoms with Gasteiger partial charge in [-0.25, -0.2) is 4.68 Å². The number of amides is 1.